The van der Waals surface area contributed by atoms with Crippen LogP contribution in [0.2, 0.25) is 0 Å². The number of fused-ring (bicyclic) bond motifs is 1. The van der Waals surface area contributed by atoms with Crippen LogP contribution in [0.5, 0.6) is 5.75 Å². The molecule has 134 valence electrons. The van der Waals surface area contributed by atoms with E-state index in [1.807, 2.05) is 30.3 Å². The first-order valence-corrected chi connectivity index (χ1v) is 9.00. The lowest BCUT2D eigenvalue weighted by Gasteiger charge is -2.12. The molecule has 1 atom stereocenters. The maximum atomic E-state index is 12.1. The molecule has 1 fully saturated rings. The lowest BCUT2D eigenvalue weighted by Crippen LogP contribution is -2.84. The minimum absolute atomic E-state index is 0.148. The Balaban J connectivity index is 1.72. The molecule has 0 unspecified atom stereocenters. The van der Waals surface area contributed by atoms with Gasteiger partial charge in [-0.05, 0) is 36.1 Å². The zero-order chi connectivity index (χ0) is 17.9. The average Bonchev–Trinajstić information content (AvgIpc) is 3.17. The second-order valence-electron chi connectivity index (χ2n) is 6.65. The van der Waals surface area contributed by atoms with Crippen LogP contribution in [0.3, 0.4) is 0 Å². The molecule has 1 saturated heterocycles. The van der Waals surface area contributed by atoms with E-state index >= 15 is 0 Å². The summed E-state index contributed by atoms with van der Waals surface area (Å²) in [5, 5.41) is 13.3. The van der Waals surface area contributed by atoms with E-state index in [1.165, 1.54) is 6.07 Å². The number of hydrogen-bond donors (Lipinski definition) is 2. The zero-order valence-electron chi connectivity index (χ0n) is 14.5. The quantitative estimate of drug-likeness (QED) is 0.692. The van der Waals surface area contributed by atoms with Crippen molar-refractivity contribution in [2.24, 2.45) is 0 Å². The Morgan fingerprint density at radius 3 is 2.77 bits per heavy atom. The number of aromatic hydroxyl groups is 1. The van der Waals surface area contributed by atoms with Crippen LogP contribution in [-0.4, -0.2) is 24.4 Å². The summed E-state index contributed by atoms with van der Waals surface area (Å²) in [6, 6.07) is 14.7. The number of ether oxygens (including phenoxy) is 1. The van der Waals surface area contributed by atoms with Gasteiger partial charge < -0.3 is 19.6 Å². The first-order valence-electron chi connectivity index (χ1n) is 9.00. The topological polar surface area (TPSA) is 76.3 Å². The highest BCUT2D eigenvalue weighted by atomic mass is 16.5. The van der Waals surface area contributed by atoms with Gasteiger partial charge in [-0.15, -0.1) is 0 Å². The van der Waals surface area contributed by atoms with Gasteiger partial charge in [0.1, 0.15) is 24.9 Å². The van der Waals surface area contributed by atoms with Crippen LogP contribution in [0.15, 0.2) is 57.7 Å². The summed E-state index contributed by atoms with van der Waals surface area (Å²) in [6.07, 6.45) is 2.44. The Hall–Kier alpha value is -2.63. The van der Waals surface area contributed by atoms with E-state index in [0.29, 0.717) is 17.7 Å². The highest BCUT2D eigenvalue weighted by Gasteiger charge is 2.19. The number of phenolic OH excluding ortho intramolecular Hbond substituents is 1. The number of nitrogens with two attached hydrogens (primary N) is 1. The third-order valence-corrected chi connectivity index (χ3v) is 4.88. The van der Waals surface area contributed by atoms with Crippen LogP contribution >= 0.6 is 0 Å². The van der Waals surface area contributed by atoms with Crippen LogP contribution < -0.4 is 10.9 Å². The number of benzene rings is 2. The number of quaternary nitrogens is 1. The first-order chi connectivity index (χ1) is 12.7. The van der Waals surface area contributed by atoms with E-state index in [1.54, 1.807) is 12.1 Å². The molecule has 0 bridgehead atoms. The Morgan fingerprint density at radius 1 is 1.15 bits per heavy atom. The average molecular weight is 352 g/mol. The molecule has 0 saturated carbocycles. The molecule has 2 aromatic carbocycles. The fraction of sp³-hybridized carbons (Fsp3) is 0.286. The summed E-state index contributed by atoms with van der Waals surface area (Å²) in [6.45, 7) is 2.19. The van der Waals surface area contributed by atoms with E-state index < -0.39 is 5.63 Å². The molecule has 2 heterocycles. The van der Waals surface area contributed by atoms with Gasteiger partial charge in [0.15, 0.2) is 5.58 Å². The molecule has 1 aliphatic heterocycles. The highest BCUT2D eigenvalue weighted by molar-refractivity contribution is 5.95. The van der Waals surface area contributed by atoms with Crippen LogP contribution in [0.25, 0.3) is 22.1 Å². The Labute approximate surface area is 151 Å². The minimum atomic E-state index is -0.415. The standard InChI is InChI=1S/C21H21NO4/c23-19-9-8-16-17(14-5-2-1-3-6-14)11-20(24)26-21(16)18(19)13-22-12-15-7-4-10-25-15/h1-3,5-6,8-9,11,15,22-23H,4,7,10,12-13H2/p+1/t15-/m1/s1. The zero-order valence-corrected chi connectivity index (χ0v) is 14.5. The molecule has 5 nitrogen and oxygen atoms in total. The van der Waals surface area contributed by atoms with Crippen molar-refractivity contribution < 1.29 is 19.6 Å². The fourth-order valence-corrected chi connectivity index (χ4v) is 3.57. The van der Waals surface area contributed by atoms with E-state index in [4.69, 9.17) is 9.15 Å². The van der Waals surface area contributed by atoms with Gasteiger partial charge in [0.2, 0.25) is 0 Å². The second kappa shape index (κ2) is 7.32. The molecule has 0 radical (unpaired) electrons. The SMILES string of the molecule is O=c1cc(-c2ccccc2)c2ccc(O)c(C[NH2+]C[C@H]3CCCO3)c2o1. The van der Waals surface area contributed by atoms with E-state index in [9.17, 15) is 9.90 Å². The normalized spacial score (nSPS) is 17.0. The molecule has 1 aliphatic rings. The predicted octanol–water partition coefficient (Wildman–Crippen LogP) is 2.41. The molecular weight excluding hydrogens is 330 g/mol. The minimum Gasteiger partial charge on any atom is -0.507 e. The smallest absolute Gasteiger partial charge is 0.336 e. The third-order valence-electron chi connectivity index (χ3n) is 4.88. The molecule has 0 aliphatic carbocycles. The molecule has 0 spiro atoms. The van der Waals surface area contributed by atoms with E-state index in [0.717, 1.165) is 42.5 Å². The highest BCUT2D eigenvalue weighted by Crippen LogP contribution is 2.32. The summed E-state index contributed by atoms with van der Waals surface area (Å²) < 4.78 is 11.1. The van der Waals surface area contributed by atoms with Gasteiger partial charge in [-0.3, -0.25) is 0 Å². The third kappa shape index (κ3) is 3.36. The van der Waals surface area contributed by atoms with Gasteiger partial charge in [0.25, 0.3) is 0 Å². The van der Waals surface area contributed by atoms with Gasteiger partial charge in [-0.1, -0.05) is 30.3 Å². The van der Waals surface area contributed by atoms with Crippen LogP contribution in [0, 0.1) is 0 Å². The largest absolute Gasteiger partial charge is 0.507 e. The van der Waals surface area contributed by atoms with Gasteiger partial charge in [-0.25, -0.2) is 4.79 Å². The Morgan fingerprint density at radius 2 is 2.00 bits per heavy atom. The summed E-state index contributed by atoms with van der Waals surface area (Å²) in [7, 11) is 0. The molecule has 0 amide bonds. The van der Waals surface area contributed by atoms with Gasteiger partial charge >= 0.3 is 5.63 Å². The molecular formula is C21H22NO4+. The van der Waals surface area contributed by atoms with Crippen molar-refractivity contribution in [1.29, 1.82) is 0 Å². The lowest BCUT2D eigenvalue weighted by molar-refractivity contribution is -0.676. The van der Waals surface area contributed by atoms with Crippen molar-refractivity contribution in [2.75, 3.05) is 13.2 Å². The van der Waals surface area contributed by atoms with Crippen molar-refractivity contribution >= 4 is 11.0 Å². The lowest BCUT2D eigenvalue weighted by atomic mass is 9.99. The Bertz CT molecular complexity index is 959. The number of phenols is 1. The summed E-state index contributed by atoms with van der Waals surface area (Å²) in [5.41, 5.74) is 2.46. The molecule has 26 heavy (non-hydrogen) atoms. The van der Waals surface area contributed by atoms with Gasteiger partial charge in [0.05, 0.1) is 5.56 Å². The fourth-order valence-electron chi connectivity index (χ4n) is 3.57. The maximum Gasteiger partial charge on any atom is 0.336 e. The van der Waals surface area contributed by atoms with Crippen molar-refractivity contribution in [3.8, 4) is 16.9 Å². The van der Waals surface area contributed by atoms with Crippen LogP contribution in [0.1, 0.15) is 18.4 Å². The Kier molecular flexibility index (Phi) is 4.73. The maximum absolute atomic E-state index is 12.1. The first kappa shape index (κ1) is 16.8. The molecule has 3 aromatic rings. The molecule has 4 rings (SSSR count). The van der Waals surface area contributed by atoms with E-state index in [2.05, 4.69) is 5.32 Å². The van der Waals surface area contributed by atoms with E-state index in [-0.39, 0.29) is 11.9 Å². The van der Waals surface area contributed by atoms with Crippen molar-refractivity contribution in [2.45, 2.75) is 25.5 Å². The van der Waals surface area contributed by atoms with Crippen LogP contribution in [-0.2, 0) is 11.3 Å². The number of rotatable bonds is 5. The second-order valence-corrected chi connectivity index (χ2v) is 6.65. The molecule has 1 aromatic heterocycles. The van der Waals surface area contributed by atoms with Crippen molar-refractivity contribution in [3.05, 3.63) is 64.5 Å². The van der Waals surface area contributed by atoms with Crippen LogP contribution in [0.4, 0.5) is 0 Å². The number of hydrogen-bond acceptors (Lipinski definition) is 4. The monoisotopic (exact) mass is 352 g/mol. The van der Waals surface area contributed by atoms with Crippen molar-refractivity contribution in [3.63, 3.8) is 0 Å². The van der Waals surface area contributed by atoms with Crippen molar-refractivity contribution in [1.82, 2.24) is 0 Å². The molecule has 3 N–H and O–H groups in total. The summed E-state index contributed by atoms with van der Waals surface area (Å²) in [5.74, 6) is 0.148. The van der Waals surface area contributed by atoms with Gasteiger partial charge in [-0.2, -0.15) is 0 Å². The summed E-state index contributed by atoms with van der Waals surface area (Å²) >= 11 is 0. The van der Waals surface area contributed by atoms with Gasteiger partial charge in [0, 0.05) is 18.1 Å². The summed E-state index contributed by atoms with van der Waals surface area (Å²) in [4.78, 5) is 12.1. The predicted molar refractivity (Wildman–Crippen MR) is 99.1 cm³/mol. The molecule has 5 heteroatoms.